The van der Waals surface area contributed by atoms with E-state index in [-0.39, 0.29) is 11.9 Å². The van der Waals surface area contributed by atoms with Gasteiger partial charge in [0.05, 0.1) is 18.8 Å². The molecular formula is C26H39FN4O2. The Morgan fingerprint density at radius 3 is 2.52 bits per heavy atom. The molecule has 3 rings (SSSR count). The van der Waals surface area contributed by atoms with Crippen molar-refractivity contribution in [1.29, 1.82) is 0 Å². The van der Waals surface area contributed by atoms with E-state index >= 15 is 0 Å². The Labute approximate surface area is 197 Å². The number of aryl methyl sites for hydroxylation is 3. The summed E-state index contributed by atoms with van der Waals surface area (Å²) in [6.07, 6.45) is 3.33. The van der Waals surface area contributed by atoms with E-state index in [1.54, 1.807) is 13.0 Å². The van der Waals surface area contributed by atoms with Crippen molar-refractivity contribution in [3.8, 4) is 0 Å². The van der Waals surface area contributed by atoms with E-state index < -0.39 is 6.10 Å². The van der Waals surface area contributed by atoms with Crippen LogP contribution in [0.4, 0.5) is 4.39 Å². The molecule has 2 atom stereocenters. The second-order valence-corrected chi connectivity index (χ2v) is 8.71. The molecule has 0 saturated carbocycles. The van der Waals surface area contributed by atoms with Gasteiger partial charge in [-0.15, -0.1) is 0 Å². The van der Waals surface area contributed by atoms with Crippen molar-refractivity contribution >= 4 is 5.84 Å². The van der Waals surface area contributed by atoms with Gasteiger partial charge in [0.1, 0.15) is 11.7 Å². The molecule has 1 aliphatic rings. The van der Waals surface area contributed by atoms with Gasteiger partial charge in [0, 0.05) is 13.0 Å². The quantitative estimate of drug-likeness (QED) is 0.230. The van der Waals surface area contributed by atoms with Gasteiger partial charge < -0.3 is 26.3 Å². The number of benzene rings is 2. The number of aliphatic hydroxyl groups is 1. The fraction of sp³-hybridized carbons (Fsp3) is 0.500. The molecule has 182 valence electrons. The van der Waals surface area contributed by atoms with Crippen molar-refractivity contribution in [3.63, 3.8) is 0 Å². The summed E-state index contributed by atoms with van der Waals surface area (Å²) in [4.78, 5) is 2.29. The van der Waals surface area contributed by atoms with Crippen molar-refractivity contribution in [2.24, 2.45) is 16.7 Å². The van der Waals surface area contributed by atoms with Gasteiger partial charge in [-0.05, 0) is 81.4 Å². The molecule has 0 spiro atoms. The summed E-state index contributed by atoms with van der Waals surface area (Å²) in [6, 6.07) is 13.4. The highest BCUT2D eigenvalue weighted by atomic mass is 19.1. The predicted octanol–water partition coefficient (Wildman–Crippen LogP) is 3.83. The summed E-state index contributed by atoms with van der Waals surface area (Å²) < 4.78 is 18.5. The number of ether oxygens (including phenoxy) is 1. The minimum atomic E-state index is -0.447. The molecule has 0 aromatic heterocycles. The molecule has 1 fully saturated rings. The number of rotatable bonds is 9. The van der Waals surface area contributed by atoms with Gasteiger partial charge in [-0.2, -0.15) is 5.10 Å². The average Bonchev–Trinajstić information content (AvgIpc) is 3.32. The first-order chi connectivity index (χ1) is 15.8. The van der Waals surface area contributed by atoms with Crippen molar-refractivity contribution in [2.75, 3.05) is 26.2 Å². The van der Waals surface area contributed by atoms with Crippen LogP contribution in [0.2, 0.25) is 0 Å². The summed E-state index contributed by atoms with van der Waals surface area (Å²) in [7, 11) is 0. The lowest BCUT2D eigenvalue weighted by Crippen LogP contribution is -2.33. The fourth-order valence-corrected chi connectivity index (χ4v) is 3.84. The predicted molar refractivity (Wildman–Crippen MR) is 132 cm³/mol. The zero-order chi connectivity index (χ0) is 24.2. The summed E-state index contributed by atoms with van der Waals surface area (Å²) in [6.45, 7) is 8.86. The maximum atomic E-state index is 12.6. The Morgan fingerprint density at radius 1 is 1.18 bits per heavy atom. The van der Waals surface area contributed by atoms with E-state index in [0.717, 1.165) is 30.6 Å². The van der Waals surface area contributed by atoms with Crippen molar-refractivity contribution in [3.05, 3.63) is 70.5 Å². The van der Waals surface area contributed by atoms with Crippen molar-refractivity contribution in [2.45, 2.75) is 58.7 Å². The molecule has 1 aliphatic heterocycles. The molecule has 0 radical (unpaired) electrons. The van der Waals surface area contributed by atoms with Gasteiger partial charge in [-0.1, -0.05) is 36.4 Å². The molecule has 0 amide bonds. The molecule has 6 nitrogen and oxygen atoms in total. The van der Waals surface area contributed by atoms with Crippen LogP contribution in [0.5, 0.6) is 0 Å². The van der Waals surface area contributed by atoms with E-state index in [9.17, 15) is 9.50 Å². The molecule has 7 heteroatoms. The molecular weight excluding hydrogens is 419 g/mol. The molecule has 0 aliphatic carbocycles. The van der Waals surface area contributed by atoms with Crippen LogP contribution in [0.1, 0.15) is 54.5 Å². The molecule has 33 heavy (non-hydrogen) atoms. The number of hydrogen-bond donors (Lipinski definition) is 3. The minimum absolute atomic E-state index is 0.0783. The number of β-amino-alcohol motifs (C(OH)–C–C–N with tert-alkyl or cyclic N) is 1. The Hall–Kier alpha value is -2.48. The Kier molecular flexibility index (Phi) is 11.3. The molecule has 5 N–H and O–H groups in total. The minimum Gasteiger partial charge on any atom is -0.389 e. The van der Waals surface area contributed by atoms with Crippen LogP contribution in [-0.4, -0.2) is 48.2 Å². The average molecular weight is 459 g/mol. The Morgan fingerprint density at radius 2 is 1.88 bits per heavy atom. The van der Waals surface area contributed by atoms with Crippen LogP contribution in [0, 0.1) is 19.7 Å². The summed E-state index contributed by atoms with van der Waals surface area (Å²) >= 11 is 0. The van der Waals surface area contributed by atoms with E-state index in [4.69, 9.17) is 16.3 Å². The van der Waals surface area contributed by atoms with Gasteiger partial charge in [0.25, 0.3) is 0 Å². The van der Waals surface area contributed by atoms with E-state index in [1.807, 2.05) is 32.0 Å². The highest BCUT2D eigenvalue weighted by Gasteiger charge is 2.18. The number of nitrogens with two attached hydrogens (primary N) is 2. The smallest absolute Gasteiger partial charge is 0.126 e. The van der Waals surface area contributed by atoms with Crippen LogP contribution < -0.4 is 11.6 Å². The van der Waals surface area contributed by atoms with Crippen molar-refractivity contribution < 1.29 is 14.2 Å². The normalized spacial score (nSPS) is 16.2. The van der Waals surface area contributed by atoms with Crippen LogP contribution in [0.3, 0.4) is 0 Å². The second-order valence-electron chi connectivity index (χ2n) is 8.71. The largest absolute Gasteiger partial charge is 0.389 e. The third-order valence-corrected chi connectivity index (χ3v) is 5.84. The highest BCUT2D eigenvalue weighted by molar-refractivity contribution is 5.80. The fourth-order valence-electron chi connectivity index (χ4n) is 3.84. The first kappa shape index (κ1) is 26.8. The molecule has 1 saturated heterocycles. The van der Waals surface area contributed by atoms with Crippen LogP contribution >= 0.6 is 0 Å². The van der Waals surface area contributed by atoms with Gasteiger partial charge in [0.15, 0.2) is 0 Å². The zero-order valence-electron chi connectivity index (χ0n) is 20.1. The van der Waals surface area contributed by atoms with Gasteiger partial charge in [-0.25, -0.2) is 4.39 Å². The Balaban J connectivity index is 0.000000357. The van der Waals surface area contributed by atoms with Gasteiger partial charge >= 0.3 is 0 Å². The summed E-state index contributed by atoms with van der Waals surface area (Å²) in [5.74, 6) is 5.52. The maximum absolute atomic E-state index is 12.6. The van der Waals surface area contributed by atoms with Gasteiger partial charge in [0.2, 0.25) is 0 Å². The molecule has 0 bridgehead atoms. The highest BCUT2D eigenvalue weighted by Crippen LogP contribution is 2.22. The topological polar surface area (TPSA) is 97.1 Å². The summed E-state index contributed by atoms with van der Waals surface area (Å²) in [5.41, 5.74) is 9.65. The number of likely N-dealkylation sites (tertiary alicyclic amines) is 1. The first-order valence-electron chi connectivity index (χ1n) is 11.6. The molecule has 2 aromatic rings. The number of hydrazone groups is 1. The standard InChI is InChI=1S/C18H30N4O2.C8H9F/c1-14(24-13-16(23)12-22-10-4-5-11-22)17-7-3-2-6-15(17)8-9-18(19)21-20;1-6-3-4-7(2)8(9)5-6/h2-3,6-7,14,16,23H,4-5,8-13,20H2,1H3,(H2,19,21);3-5H,1-2H3. The van der Waals surface area contributed by atoms with Crippen LogP contribution in [-0.2, 0) is 11.2 Å². The number of aliphatic hydroxyl groups excluding tert-OH is 1. The zero-order valence-corrected chi connectivity index (χ0v) is 20.1. The van der Waals surface area contributed by atoms with E-state index in [2.05, 4.69) is 22.1 Å². The number of hydrogen-bond acceptors (Lipinski definition) is 5. The van der Waals surface area contributed by atoms with Crippen molar-refractivity contribution in [1.82, 2.24) is 4.90 Å². The molecule has 1 heterocycles. The maximum Gasteiger partial charge on any atom is 0.126 e. The first-order valence-corrected chi connectivity index (χ1v) is 11.6. The molecule has 2 unspecified atom stereocenters. The number of halogens is 1. The Bertz CT molecular complexity index is 884. The van der Waals surface area contributed by atoms with Crippen LogP contribution in [0.15, 0.2) is 47.6 Å². The summed E-state index contributed by atoms with van der Waals surface area (Å²) in [5, 5.41) is 13.7. The SMILES string of the molecule is CC(OCC(O)CN1CCCC1)c1ccccc1CC/C(N)=N/N.Cc1ccc(C)c(F)c1. The monoisotopic (exact) mass is 458 g/mol. The lowest BCUT2D eigenvalue weighted by atomic mass is 9.99. The van der Waals surface area contributed by atoms with E-state index in [0.29, 0.717) is 31.0 Å². The van der Waals surface area contributed by atoms with E-state index in [1.165, 1.54) is 24.5 Å². The molecule has 2 aromatic carbocycles. The van der Waals surface area contributed by atoms with Crippen LogP contribution in [0.25, 0.3) is 0 Å². The third-order valence-electron chi connectivity index (χ3n) is 5.84. The van der Waals surface area contributed by atoms with Gasteiger partial charge in [-0.3, -0.25) is 0 Å². The second kappa shape index (κ2) is 13.9. The lowest BCUT2D eigenvalue weighted by molar-refractivity contribution is -0.0135. The third kappa shape index (κ3) is 9.50. The number of amidine groups is 1. The number of nitrogens with zero attached hydrogens (tertiary/aromatic N) is 2. The lowest BCUT2D eigenvalue weighted by Gasteiger charge is -2.22.